The van der Waals surface area contributed by atoms with Gasteiger partial charge < -0.3 is 14.6 Å². The normalized spacial score (nSPS) is 14.4. The van der Waals surface area contributed by atoms with Crippen molar-refractivity contribution in [2.75, 3.05) is 13.2 Å². The molecule has 1 N–H and O–H groups in total. The molecule has 1 fully saturated rings. The van der Waals surface area contributed by atoms with Gasteiger partial charge in [-0.1, -0.05) is 50.5 Å². The van der Waals surface area contributed by atoms with Crippen LogP contribution in [0.25, 0.3) is 11.0 Å². The van der Waals surface area contributed by atoms with E-state index in [0.717, 1.165) is 81.7 Å². The van der Waals surface area contributed by atoms with Gasteiger partial charge in [0.2, 0.25) is 5.91 Å². The number of aromatic nitrogens is 2. The number of aryl methyl sites for hydroxylation is 3. The average Bonchev–Trinajstić information content (AvgIpc) is 3.24. The molecule has 2 aromatic carbocycles. The van der Waals surface area contributed by atoms with Crippen LogP contribution < -0.4 is 10.1 Å². The number of hydrogen-bond acceptors (Lipinski definition) is 3. The molecule has 1 aliphatic rings. The lowest BCUT2D eigenvalue weighted by Crippen LogP contribution is -2.32. The van der Waals surface area contributed by atoms with Gasteiger partial charge in [0, 0.05) is 25.4 Å². The molecule has 4 rings (SSSR count). The van der Waals surface area contributed by atoms with E-state index in [1.165, 1.54) is 30.3 Å². The molecule has 0 bridgehead atoms. The number of rotatable bonds is 12. The molecular formula is C29H39N3O2. The van der Waals surface area contributed by atoms with Crippen LogP contribution in [-0.2, 0) is 24.2 Å². The minimum absolute atomic E-state index is 0.227. The van der Waals surface area contributed by atoms with Crippen molar-refractivity contribution in [3.63, 3.8) is 0 Å². The van der Waals surface area contributed by atoms with E-state index in [2.05, 4.69) is 59.3 Å². The number of hydrogen-bond donors (Lipinski definition) is 1. The molecule has 0 saturated heterocycles. The van der Waals surface area contributed by atoms with Gasteiger partial charge in [0.05, 0.1) is 17.6 Å². The fourth-order valence-corrected chi connectivity index (χ4v) is 4.92. The highest BCUT2D eigenvalue weighted by Gasteiger charge is 2.20. The van der Waals surface area contributed by atoms with Crippen LogP contribution in [0.5, 0.6) is 5.75 Å². The molecule has 34 heavy (non-hydrogen) atoms. The van der Waals surface area contributed by atoms with E-state index < -0.39 is 0 Å². The fraction of sp³-hybridized carbons (Fsp3) is 0.517. The minimum Gasteiger partial charge on any atom is -0.494 e. The first-order chi connectivity index (χ1) is 16.7. The number of nitrogens with zero attached hydrogens (tertiary/aromatic N) is 2. The zero-order valence-electron chi connectivity index (χ0n) is 20.6. The Balaban J connectivity index is 1.25. The van der Waals surface area contributed by atoms with Crippen molar-refractivity contribution in [1.82, 2.24) is 14.9 Å². The van der Waals surface area contributed by atoms with E-state index in [1.54, 1.807) is 0 Å². The molecule has 1 aliphatic carbocycles. The van der Waals surface area contributed by atoms with Gasteiger partial charge in [0.25, 0.3) is 0 Å². The highest BCUT2D eigenvalue weighted by molar-refractivity contribution is 5.78. The summed E-state index contributed by atoms with van der Waals surface area (Å²) < 4.78 is 8.28. The Labute approximate surface area is 203 Å². The first kappa shape index (κ1) is 24.3. The second-order valence-corrected chi connectivity index (χ2v) is 9.45. The lowest BCUT2D eigenvalue weighted by atomic mass is 9.89. The third-order valence-electron chi connectivity index (χ3n) is 6.96. The van der Waals surface area contributed by atoms with Crippen molar-refractivity contribution < 1.29 is 9.53 Å². The average molecular weight is 462 g/mol. The Morgan fingerprint density at radius 1 is 1.03 bits per heavy atom. The predicted molar refractivity (Wildman–Crippen MR) is 138 cm³/mol. The Hall–Kier alpha value is -2.82. The third kappa shape index (κ3) is 6.62. The topological polar surface area (TPSA) is 56.1 Å². The highest BCUT2D eigenvalue weighted by Crippen LogP contribution is 2.23. The van der Waals surface area contributed by atoms with Crippen LogP contribution in [-0.4, -0.2) is 28.6 Å². The lowest BCUT2D eigenvalue weighted by molar-refractivity contribution is -0.125. The molecule has 0 spiro atoms. The zero-order chi connectivity index (χ0) is 23.6. The molecule has 0 aliphatic heterocycles. The Morgan fingerprint density at radius 2 is 1.82 bits per heavy atom. The molecule has 3 aromatic rings. The quantitative estimate of drug-likeness (QED) is 0.332. The zero-order valence-corrected chi connectivity index (χ0v) is 20.6. The van der Waals surface area contributed by atoms with E-state index in [4.69, 9.17) is 9.72 Å². The molecule has 0 unspecified atom stereocenters. The van der Waals surface area contributed by atoms with Crippen LogP contribution in [0.1, 0.15) is 69.7 Å². The Morgan fingerprint density at radius 3 is 2.62 bits per heavy atom. The molecule has 0 radical (unpaired) electrons. The second kappa shape index (κ2) is 12.6. The van der Waals surface area contributed by atoms with Crippen LogP contribution >= 0.6 is 0 Å². The monoisotopic (exact) mass is 461 g/mol. The van der Waals surface area contributed by atoms with E-state index in [9.17, 15) is 4.79 Å². The number of benzene rings is 2. The fourth-order valence-electron chi connectivity index (χ4n) is 4.92. The van der Waals surface area contributed by atoms with Crippen LogP contribution in [0.2, 0.25) is 0 Å². The summed E-state index contributed by atoms with van der Waals surface area (Å²) >= 11 is 0. The van der Waals surface area contributed by atoms with Gasteiger partial charge in [-0.05, 0) is 68.4 Å². The number of carbonyl (C=O) groups is 1. The maximum atomic E-state index is 12.4. The number of unbranched alkanes of at least 4 members (excludes halogenated alkanes) is 1. The number of para-hydroxylation sites is 2. The van der Waals surface area contributed by atoms with Gasteiger partial charge in [-0.25, -0.2) is 4.98 Å². The number of ether oxygens (including phenoxy) is 1. The summed E-state index contributed by atoms with van der Waals surface area (Å²) in [6, 6.07) is 16.8. The number of imidazole rings is 1. The largest absolute Gasteiger partial charge is 0.494 e. The van der Waals surface area contributed by atoms with E-state index in [0.29, 0.717) is 0 Å². The molecule has 0 atom stereocenters. The lowest BCUT2D eigenvalue weighted by Gasteiger charge is -2.20. The van der Waals surface area contributed by atoms with E-state index in [1.807, 2.05) is 6.07 Å². The summed E-state index contributed by atoms with van der Waals surface area (Å²) in [5.41, 5.74) is 3.58. The van der Waals surface area contributed by atoms with Crippen molar-refractivity contribution in [3.05, 3.63) is 59.9 Å². The smallest absolute Gasteiger partial charge is 0.223 e. The molecule has 182 valence electrons. The van der Waals surface area contributed by atoms with Gasteiger partial charge in [-0.2, -0.15) is 0 Å². The maximum absolute atomic E-state index is 12.4. The summed E-state index contributed by atoms with van der Waals surface area (Å²) in [4.78, 5) is 17.3. The molecular weight excluding hydrogens is 422 g/mol. The van der Waals surface area contributed by atoms with Crippen LogP contribution in [0.3, 0.4) is 0 Å². The molecule has 1 heterocycles. The molecule has 5 heteroatoms. The van der Waals surface area contributed by atoms with E-state index in [-0.39, 0.29) is 11.8 Å². The number of amides is 1. The predicted octanol–water partition coefficient (Wildman–Crippen LogP) is 6.09. The van der Waals surface area contributed by atoms with Crippen LogP contribution in [0.15, 0.2) is 48.5 Å². The SMILES string of the molecule is CCc1ccc(OCCCCn2c(CCCNC(=O)C3CCCCC3)nc3ccccc32)cc1. The van der Waals surface area contributed by atoms with Crippen LogP contribution in [0, 0.1) is 5.92 Å². The maximum Gasteiger partial charge on any atom is 0.223 e. The van der Waals surface area contributed by atoms with Crippen LogP contribution in [0.4, 0.5) is 0 Å². The third-order valence-corrected chi connectivity index (χ3v) is 6.96. The van der Waals surface area contributed by atoms with Crippen molar-refractivity contribution in [2.45, 2.75) is 77.7 Å². The van der Waals surface area contributed by atoms with E-state index >= 15 is 0 Å². The molecule has 1 saturated carbocycles. The summed E-state index contributed by atoms with van der Waals surface area (Å²) in [7, 11) is 0. The van der Waals surface area contributed by atoms with Gasteiger partial charge >= 0.3 is 0 Å². The second-order valence-electron chi connectivity index (χ2n) is 9.45. The summed E-state index contributed by atoms with van der Waals surface area (Å²) in [6.07, 6.45) is 10.6. The van der Waals surface area contributed by atoms with Gasteiger partial charge in [0.1, 0.15) is 11.6 Å². The van der Waals surface area contributed by atoms with Gasteiger partial charge in [0.15, 0.2) is 0 Å². The first-order valence-corrected chi connectivity index (χ1v) is 13.2. The van der Waals surface area contributed by atoms with Gasteiger partial charge in [-0.3, -0.25) is 4.79 Å². The first-order valence-electron chi connectivity index (χ1n) is 13.2. The van der Waals surface area contributed by atoms with Crippen molar-refractivity contribution in [3.8, 4) is 5.75 Å². The van der Waals surface area contributed by atoms with Crippen molar-refractivity contribution >= 4 is 16.9 Å². The van der Waals surface area contributed by atoms with Gasteiger partial charge in [-0.15, -0.1) is 0 Å². The molecule has 5 nitrogen and oxygen atoms in total. The Kier molecular flexibility index (Phi) is 9.00. The summed E-state index contributed by atoms with van der Waals surface area (Å²) in [5.74, 6) is 2.54. The van der Waals surface area contributed by atoms with Crippen molar-refractivity contribution in [1.29, 1.82) is 0 Å². The number of carbonyl (C=O) groups excluding carboxylic acids is 1. The molecule has 1 amide bonds. The number of fused-ring (bicyclic) bond motifs is 1. The summed E-state index contributed by atoms with van der Waals surface area (Å²) in [5, 5.41) is 3.17. The molecule has 1 aromatic heterocycles. The van der Waals surface area contributed by atoms with Crippen molar-refractivity contribution in [2.24, 2.45) is 5.92 Å². The minimum atomic E-state index is 0.227. The standard InChI is InChI=1S/C29H39N3O2/c1-2-23-16-18-25(19-17-23)34-22-9-8-21-32-27-14-7-6-13-26(27)31-28(32)15-10-20-30-29(33)24-11-4-3-5-12-24/h6-7,13-14,16-19,24H,2-5,8-12,15,20-22H2,1H3,(H,30,33). The highest BCUT2D eigenvalue weighted by atomic mass is 16.5. The number of nitrogens with one attached hydrogen (secondary N) is 1. The Bertz CT molecular complexity index is 1040. The summed E-state index contributed by atoms with van der Waals surface area (Å²) in [6.45, 7) is 4.55.